The van der Waals surface area contributed by atoms with Crippen molar-refractivity contribution in [2.75, 3.05) is 0 Å². The number of amides is 1. The fraction of sp³-hybridized carbons (Fsp3) is 0.278. The van der Waals surface area contributed by atoms with E-state index in [1.54, 1.807) is 0 Å². The Bertz CT molecular complexity index is 558. The summed E-state index contributed by atoms with van der Waals surface area (Å²) < 4.78 is 0. The van der Waals surface area contributed by atoms with Crippen LogP contribution in [0.1, 0.15) is 32.4 Å². The van der Waals surface area contributed by atoms with Crippen LogP contribution in [0.4, 0.5) is 0 Å². The van der Waals surface area contributed by atoms with E-state index in [0.717, 1.165) is 5.56 Å². The molecule has 2 aromatic carbocycles. The standard InChI is InChI=1S/C18H21NO/c1-13(2)18(20)19-14(3)15-9-11-17(12-10-15)16-7-5-4-6-8-16/h4-14H,1-3H3,(H,19,20). The van der Waals surface area contributed by atoms with Crippen LogP contribution in [0.15, 0.2) is 54.6 Å². The molecule has 0 saturated heterocycles. The first-order chi connectivity index (χ1) is 9.58. The summed E-state index contributed by atoms with van der Waals surface area (Å²) in [6.45, 7) is 5.82. The fourth-order valence-electron chi connectivity index (χ4n) is 2.06. The summed E-state index contributed by atoms with van der Waals surface area (Å²) in [4.78, 5) is 11.7. The van der Waals surface area contributed by atoms with E-state index in [-0.39, 0.29) is 17.9 Å². The zero-order chi connectivity index (χ0) is 14.5. The van der Waals surface area contributed by atoms with Gasteiger partial charge in [0.1, 0.15) is 0 Å². The van der Waals surface area contributed by atoms with Gasteiger partial charge in [0, 0.05) is 5.92 Å². The van der Waals surface area contributed by atoms with Gasteiger partial charge in [-0.1, -0.05) is 68.4 Å². The van der Waals surface area contributed by atoms with Crippen molar-refractivity contribution in [3.63, 3.8) is 0 Å². The zero-order valence-electron chi connectivity index (χ0n) is 12.3. The first kappa shape index (κ1) is 14.3. The number of carbonyl (C=O) groups is 1. The van der Waals surface area contributed by atoms with Gasteiger partial charge in [-0.05, 0) is 23.6 Å². The molecule has 2 nitrogen and oxygen atoms in total. The van der Waals surface area contributed by atoms with Gasteiger partial charge in [-0.25, -0.2) is 0 Å². The van der Waals surface area contributed by atoms with Crippen molar-refractivity contribution in [3.05, 3.63) is 60.2 Å². The first-order valence-corrected chi connectivity index (χ1v) is 7.03. The van der Waals surface area contributed by atoms with E-state index < -0.39 is 0 Å². The summed E-state index contributed by atoms with van der Waals surface area (Å²) in [5.74, 6) is 0.102. The lowest BCUT2D eigenvalue weighted by molar-refractivity contribution is -0.124. The maximum Gasteiger partial charge on any atom is 0.223 e. The number of rotatable bonds is 4. The molecule has 1 N–H and O–H groups in total. The third-order valence-corrected chi connectivity index (χ3v) is 3.40. The Morgan fingerprint density at radius 2 is 1.40 bits per heavy atom. The lowest BCUT2D eigenvalue weighted by atomic mass is 10.0. The Morgan fingerprint density at radius 1 is 0.850 bits per heavy atom. The average Bonchev–Trinajstić information content (AvgIpc) is 2.48. The molecule has 0 radical (unpaired) electrons. The lowest BCUT2D eigenvalue weighted by Gasteiger charge is -2.16. The Kier molecular flexibility index (Phi) is 4.57. The van der Waals surface area contributed by atoms with Gasteiger partial charge in [0.05, 0.1) is 6.04 Å². The molecule has 1 amide bonds. The summed E-state index contributed by atoms with van der Waals surface area (Å²) in [7, 11) is 0. The van der Waals surface area contributed by atoms with E-state index in [4.69, 9.17) is 0 Å². The lowest BCUT2D eigenvalue weighted by Crippen LogP contribution is -2.30. The second kappa shape index (κ2) is 6.38. The third kappa shape index (κ3) is 3.47. The number of nitrogens with one attached hydrogen (secondary N) is 1. The molecule has 0 saturated carbocycles. The smallest absolute Gasteiger partial charge is 0.223 e. The normalized spacial score (nSPS) is 12.2. The van der Waals surface area contributed by atoms with Crippen LogP contribution >= 0.6 is 0 Å². The van der Waals surface area contributed by atoms with Crippen LogP contribution in [-0.4, -0.2) is 5.91 Å². The number of carbonyl (C=O) groups excluding carboxylic acids is 1. The predicted molar refractivity (Wildman–Crippen MR) is 83.3 cm³/mol. The van der Waals surface area contributed by atoms with Crippen LogP contribution in [-0.2, 0) is 4.79 Å². The van der Waals surface area contributed by atoms with Gasteiger partial charge in [-0.3, -0.25) is 4.79 Å². The van der Waals surface area contributed by atoms with Gasteiger partial charge in [0.2, 0.25) is 5.91 Å². The molecule has 2 heteroatoms. The minimum Gasteiger partial charge on any atom is -0.349 e. The molecular formula is C18H21NO. The molecule has 0 aromatic heterocycles. The van der Waals surface area contributed by atoms with Crippen molar-refractivity contribution in [2.24, 2.45) is 5.92 Å². The Balaban J connectivity index is 2.10. The molecular weight excluding hydrogens is 246 g/mol. The van der Waals surface area contributed by atoms with Gasteiger partial charge in [-0.2, -0.15) is 0 Å². The number of hydrogen-bond acceptors (Lipinski definition) is 1. The quantitative estimate of drug-likeness (QED) is 0.884. The highest BCUT2D eigenvalue weighted by molar-refractivity contribution is 5.78. The van der Waals surface area contributed by atoms with Crippen LogP contribution in [0.25, 0.3) is 11.1 Å². The van der Waals surface area contributed by atoms with Crippen LogP contribution in [0.2, 0.25) is 0 Å². The monoisotopic (exact) mass is 267 g/mol. The Hall–Kier alpha value is -2.09. The predicted octanol–water partition coefficient (Wildman–Crippen LogP) is 4.19. The number of benzene rings is 2. The van der Waals surface area contributed by atoms with E-state index in [1.807, 2.05) is 39.0 Å². The summed E-state index contributed by atoms with van der Waals surface area (Å²) in [5.41, 5.74) is 3.52. The Morgan fingerprint density at radius 3 is 1.95 bits per heavy atom. The van der Waals surface area contributed by atoms with Gasteiger partial charge in [-0.15, -0.1) is 0 Å². The van der Waals surface area contributed by atoms with Crippen molar-refractivity contribution in [1.29, 1.82) is 0 Å². The molecule has 0 aliphatic rings. The van der Waals surface area contributed by atoms with Gasteiger partial charge in [0.15, 0.2) is 0 Å². The zero-order valence-corrected chi connectivity index (χ0v) is 12.3. The highest BCUT2D eigenvalue weighted by atomic mass is 16.1. The van der Waals surface area contributed by atoms with Gasteiger partial charge in [0.25, 0.3) is 0 Å². The number of hydrogen-bond donors (Lipinski definition) is 1. The van der Waals surface area contributed by atoms with Crippen LogP contribution < -0.4 is 5.32 Å². The molecule has 2 rings (SSSR count). The second-order valence-electron chi connectivity index (χ2n) is 5.37. The summed E-state index contributed by atoms with van der Waals surface area (Å²) >= 11 is 0. The molecule has 104 valence electrons. The minimum atomic E-state index is 0.0149. The van der Waals surface area contributed by atoms with Crippen molar-refractivity contribution < 1.29 is 4.79 Å². The maximum absolute atomic E-state index is 11.7. The van der Waals surface area contributed by atoms with E-state index in [0.29, 0.717) is 0 Å². The molecule has 0 aliphatic heterocycles. The van der Waals surface area contributed by atoms with Crippen molar-refractivity contribution >= 4 is 5.91 Å². The molecule has 20 heavy (non-hydrogen) atoms. The van der Waals surface area contributed by atoms with Crippen molar-refractivity contribution in [1.82, 2.24) is 5.32 Å². The summed E-state index contributed by atoms with van der Waals surface area (Å²) in [6, 6.07) is 18.7. The topological polar surface area (TPSA) is 29.1 Å². The summed E-state index contributed by atoms with van der Waals surface area (Å²) in [5, 5.41) is 3.02. The molecule has 1 atom stereocenters. The second-order valence-corrected chi connectivity index (χ2v) is 5.37. The average molecular weight is 267 g/mol. The maximum atomic E-state index is 11.7. The van der Waals surface area contributed by atoms with Crippen LogP contribution in [0, 0.1) is 5.92 Å². The van der Waals surface area contributed by atoms with Crippen LogP contribution in [0.3, 0.4) is 0 Å². The molecule has 0 fully saturated rings. The SMILES string of the molecule is CC(C)C(=O)NC(C)c1ccc(-c2ccccc2)cc1. The van der Waals surface area contributed by atoms with Gasteiger partial charge < -0.3 is 5.32 Å². The van der Waals surface area contributed by atoms with E-state index >= 15 is 0 Å². The fourth-order valence-corrected chi connectivity index (χ4v) is 2.06. The third-order valence-electron chi connectivity index (χ3n) is 3.40. The van der Waals surface area contributed by atoms with Crippen molar-refractivity contribution in [3.8, 4) is 11.1 Å². The van der Waals surface area contributed by atoms with E-state index in [9.17, 15) is 4.79 Å². The molecule has 0 heterocycles. The van der Waals surface area contributed by atoms with Gasteiger partial charge >= 0.3 is 0 Å². The molecule has 0 aliphatic carbocycles. The molecule has 1 unspecified atom stereocenters. The Labute approximate surface area is 120 Å². The van der Waals surface area contributed by atoms with Crippen LogP contribution in [0.5, 0.6) is 0 Å². The highest BCUT2D eigenvalue weighted by Gasteiger charge is 2.12. The first-order valence-electron chi connectivity index (χ1n) is 7.03. The van der Waals surface area contributed by atoms with E-state index in [1.165, 1.54) is 11.1 Å². The largest absolute Gasteiger partial charge is 0.349 e. The highest BCUT2D eigenvalue weighted by Crippen LogP contribution is 2.21. The molecule has 2 aromatic rings. The minimum absolute atomic E-state index is 0.0149. The molecule has 0 bridgehead atoms. The van der Waals surface area contributed by atoms with Crippen molar-refractivity contribution in [2.45, 2.75) is 26.8 Å². The molecule has 0 spiro atoms. The summed E-state index contributed by atoms with van der Waals surface area (Å²) in [6.07, 6.45) is 0. The van der Waals surface area contributed by atoms with E-state index in [2.05, 4.69) is 41.7 Å².